The minimum absolute atomic E-state index is 0. The van der Waals surface area contributed by atoms with Gasteiger partial charge in [-0.2, -0.15) is 0 Å². The van der Waals surface area contributed by atoms with Crippen LogP contribution >= 0.6 is 0 Å². The number of carboxylic acids is 1. The molecule has 3 unspecified atom stereocenters. The molecule has 0 aromatic heterocycles. The maximum atomic E-state index is 11.9. The largest absolute Gasteiger partial charge is 0.478 e. The molecule has 7 nitrogen and oxygen atoms in total. The number of carbonyl (C=O) groups is 2. The van der Waals surface area contributed by atoms with Crippen molar-refractivity contribution in [2.75, 3.05) is 6.54 Å². The predicted molar refractivity (Wildman–Crippen MR) is 198 cm³/mol. The Morgan fingerprint density at radius 2 is 1.66 bits per heavy atom. The van der Waals surface area contributed by atoms with Gasteiger partial charge >= 0.3 is 5.97 Å². The van der Waals surface area contributed by atoms with Gasteiger partial charge in [0, 0.05) is 12.1 Å². The molecule has 0 saturated carbocycles. The van der Waals surface area contributed by atoms with E-state index in [0.717, 1.165) is 31.4 Å². The van der Waals surface area contributed by atoms with Gasteiger partial charge in [0.1, 0.15) is 17.7 Å². The molecule has 3 aliphatic rings. The number of carboxylic acid groups (broad SMARTS) is 1. The zero-order valence-corrected chi connectivity index (χ0v) is 31.1. The van der Waals surface area contributed by atoms with Crippen LogP contribution in [0.4, 0.5) is 4.39 Å². The molecule has 0 saturated heterocycles. The molecular weight excluding hydrogens is 595 g/mol. The van der Waals surface area contributed by atoms with Gasteiger partial charge in [0.05, 0.1) is 5.54 Å². The monoisotopic (exact) mass is 660 g/mol. The molecule has 47 heavy (non-hydrogen) atoms. The fourth-order valence-corrected chi connectivity index (χ4v) is 4.10. The van der Waals surface area contributed by atoms with Crippen LogP contribution in [0.15, 0.2) is 102 Å². The van der Waals surface area contributed by atoms with E-state index in [1.54, 1.807) is 24.3 Å². The first-order chi connectivity index (χ1) is 22.0. The first-order valence-corrected chi connectivity index (χ1v) is 16.6. The minimum Gasteiger partial charge on any atom is -0.478 e. The number of hydrogen-bond acceptors (Lipinski definition) is 4. The first-order valence-electron chi connectivity index (χ1n) is 16.6. The molecular formula is C39H65FN2O5. The molecule has 2 aliphatic heterocycles. The molecule has 1 aromatic carbocycles. The second kappa shape index (κ2) is 30.9. The van der Waals surface area contributed by atoms with E-state index in [-0.39, 0.29) is 28.6 Å². The smallest absolute Gasteiger partial charge is 0.339 e. The summed E-state index contributed by atoms with van der Waals surface area (Å²) < 4.78 is 17.3. The highest BCUT2D eigenvalue weighted by molar-refractivity contribution is 5.92. The molecule has 1 amide bonds. The summed E-state index contributed by atoms with van der Waals surface area (Å²) in [4.78, 5) is 21.3. The van der Waals surface area contributed by atoms with Gasteiger partial charge in [0.25, 0.3) is 0 Å². The summed E-state index contributed by atoms with van der Waals surface area (Å²) >= 11 is 0. The molecule has 1 aliphatic carbocycles. The van der Waals surface area contributed by atoms with Crippen LogP contribution in [-0.2, 0) is 14.3 Å². The number of carbonyl (C=O) groups excluding carboxylic acids is 1. The normalized spacial score (nSPS) is 18.3. The van der Waals surface area contributed by atoms with E-state index in [4.69, 9.17) is 4.74 Å². The van der Waals surface area contributed by atoms with E-state index in [1.165, 1.54) is 29.5 Å². The topological polar surface area (TPSA) is 119 Å². The van der Waals surface area contributed by atoms with E-state index in [2.05, 4.69) is 48.4 Å². The van der Waals surface area contributed by atoms with Gasteiger partial charge in [0.15, 0.2) is 6.23 Å². The maximum absolute atomic E-state index is 11.9. The van der Waals surface area contributed by atoms with Crippen molar-refractivity contribution in [1.82, 2.24) is 10.6 Å². The number of benzene rings is 1. The Kier molecular flexibility index (Phi) is 32.9. The van der Waals surface area contributed by atoms with Gasteiger partial charge in [0.2, 0.25) is 6.41 Å². The lowest BCUT2D eigenvalue weighted by molar-refractivity contribution is -0.132. The van der Waals surface area contributed by atoms with Gasteiger partial charge in [-0.1, -0.05) is 114 Å². The standard InChI is InChI=1S/C16H19NO3.C8H15NO.C6H5F.C3H6.3C2H6.H2O/c1-2-10-4-3-5-11(6-10)12-7-13-14(16(18)19)9-20-15(13)17-8-12;1-5-7(2)8(3,4)9-6-10;7-6-4-2-1-3-5-6;1-3-2;3*1-2;/h3-5,7,9,11-12,15,17H,2,6,8H2,1H3,(H,18,19);5-6H,1-4H3,(H,9,10);1-5H;3H,1H2,2H3;3*1-2H3;1H2/b;7-5+;;;;;;. The summed E-state index contributed by atoms with van der Waals surface area (Å²) in [6.07, 6.45) is 16.3. The third-order valence-corrected chi connectivity index (χ3v) is 6.84. The van der Waals surface area contributed by atoms with Crippen LogP contribution in [0.5, 0.6) is 0 Å². The summed E-state index contributed by atoms with van der Waals surface area (Å²) in [6.45, 7) is 28.1. The summed E-state index contributed by atoms with van der Waals surface area (Å²) in [5.74, 6) is -0.347. The summed E-state index contributed by atoms with van der Waals surface area (Å²) in [5.41, 5.74) is 3.47. The van der Waals surface area contributed by atoms with E-state index in [0.29, 0.717) is 11.8 Å². The highest BCUT2D eigenvalue weighted by atomic mass is 19.1. The second-order valence-electron chi connectivity index (χ2n) is 10.0. The van der Waals surface area contributed by atoms with Crippen LogP contribution in [-0.4, -0.2) is 41.3 Å². The molecule has 0 fully saturated rings. The van der Waals surface area contributed by atoms with Gasteiger partial charge in [-0.05, 0) is 71.4 Å². The van der Waals surface area contributed by atoms with Crippen molar-refractivity contribution in [2.45, 2.75) is 108 Å². The van der Waals surface area contributed by atoms with Gasteiger partial charge in [-0.15, -0.1) is 6.58 Å². The number of amides is 1. The van der Waals surface area contributed by atoms with Crippen LogP contribution in [0.1, 0.15) is 95.9 Å². The highest BCUT2D eigenvalue weighted by Gasteiger charge is 2.35. The zero-order valence-electron chi connectivity index (χ0n) is 31.1. The Morgan fingerprint density at radius 3 is 2.09 bits per heavy atom. The van der Waals surface area contributed by atoms with Crippen molar-refractivity contribution in [2.24, 2.45) is 11.8 Å². The van der Waals surface area contributed by atoms with Crippen LogP contribution in [0, 0.1) is 17.7 Å². The van der Waals surface area contributed by atoms with E-state index >= 15 is 0 Å². The molecule has 8 heteroatoms. The molecule has 1 aromatic rings. The molecule has 0 spiro atoms. The van der Waals surface area contributed by atoms with Gasteiger partial charge < -0.3 is 20.6 Å². The Bertz CT molecular complexity index is 1120. The van der Waals surface area contributed by atoms with Crippen molar-refractivity contribution in [3.05, 3.63) is 108 Å². The lowest BCUT2D eigenvalue weighted by Crippen LogP contribution is -2.40. The lowest BCUT2D eigenvalue weighted by atomic mass is 9.80. The van der Waals surface area contributed by atoms with Crippen LogP contribution < -0.4 is 10.6 Å². The molecule has 3 atom stereocenters. The number of nitrogens with one attached hydrogen (secondary N) is 2. The fraction of sp³-hybridized carbons (Fsp3) is 0.487. The Morgan fingerprint density at radius 1 is 1.11 bits per heavy atom. The quantitative estimate of drug-likeness (QED) is 0.208. The molecule has 4 rings (SSSR count). The number of fused-ring (bicyclic) bond motifs is 1. The third kappa shape index (κ3) is 20.2. The van der Waals surface area contributed by atoms with Crippen molar-refractivity contribution in [1.29, 1.82) is 0 Å². The molecule has 5 N–H and O–H groups in total. The summed E-state index contributed by atoms with van der Waals surface area (Å²) in [7, 11) is 0. The van der Waals surface area contributed by atoms with Crippen LogP contribution in [0.2, 0.25) is 0 Å². The van der Waals surface area contributed by atoms with Gasteiger partial charge in [-0.25, -0.2) is 9.18 Å². The van der Waals surface area contributed by atoms with Crippen molar-refractivity contribution >= 4 is 12.4 Å². The minimum atomic E-state index is -0.922. The average Bonchev–Trinajstić information content (AvgIpc) is 3.52. The highest BCUT2D eigenvalue weighted by Crippen LogP contribution is 2.34. The van der Waals surface area contributed by atoms with Crippen LogP contribution in [0.25, 0.3) is 0 Å². The third-order valence-electron chi connectivity index (χ3n) is 6.84. The van der Waals surface area contributed by atoms with E-state index in [9.17, 15) is 19.1 Å². The van der Waals surface area contributed by atoms with E-state index in [1.807, 2.05) is 82.2 Å². The SMILES string of the molecule is C/C=C(\C)C(C)(C)NC=O.C=CC.CC.CC.CC.CCC1=CC=CC(C2C=C3C(C(=O)O)=COC3NC2)C1.Fc1ccccc1.O. The van der Waals surface area contributed by atoms with Crippen molar-refractivity contribution < 1.29 is 29.3 Å². The average molecular weight is 661 g/mol. The Balaban J connectivity index is -0.000000289. The number of ether oxygens (including phenoxy) is 1. The molecule has 0 bridgehead atoms. The number of allylic oxidation sites excluding steroid dienone is 6. The fourth-order valence-electron chi connectivity index (χ4n) is 4.10. The van der Waals surface area contributed by atoms with E-state index < -0.39 is 5.97 Å². The lowest BCUT2D eigenvalue weighted by Gasteiger charge is -2.31. The molecule has 268 valence electrons. The number of hydrogen-bond donors (Lipinski definition) is 3. The summed E-state index contributed by atoms with van der Waals surface area (Å²) in [6, 6.07) is 7.94. The maximum Gasteiger partial charge on any atom is 0.339 e. The number of aliphatic carboxylic acids is 1. The number of rotatable bonds is 6. The zero-order chi connectivity index (χ0) is 36.1. The van der Waals surface area contributed by atoms with Crippen molar-refractivity contribution in [3.8, 4) is 0 Å². The Labute approximate surface area is 285 Å². The number of halogens is 1. The summed E-state index contributed by atoms with van der Waals surface area (Å²) in [5, 5.41) is 15.2. The molecule has 2 heterocycles. The first kappa shape index (κ1) is 50.1. The van der Waals surface area contributed by atoms with Crippen molar-refractivity contribution in [3.63, 3.8) is 0 Å². The second-order valence-corrected chi connectivity index (χ2v) is 10.0. The van der Waals surface area contributed by atoms with Crippen LogP contribution in [0.3, 0.4) is 0 Å². The Hall–Kier alpha value is -3.75. The predicted octanol–water partition coefficient (Wildman–Crippen LogP) is 9.12. The molecule has 0 radical (unpaired) electrons. The van der Waals surface area contributed by atoms with Gasteiger partial charge in [-0.3, -0.25) is 10.1 Å².